The van der Waals surface area contributed by atoms with E-state index in [9.17, 15) is 5.11 Å². The Morgan fingerprint density at radius 2 is 2.30 bits per heavy atom. The lowest BCUT2D eigenvalue weighted by Crippen LogP contribution is -1.99. The highest BCUT2D eigenvalue weighted by Gasteiger charge is 2.06. The van der Waals surface area contributed by atoms with E-state index < -0.39 is 0 Å². The number of aliphatic hydroxyl groups excluding tert-OH is 1. The van der Waals surface area contributed by atoms with E-state index in [4.69, 9.17) is 0 Å². The van der Waals surface area contributed by atoms with E-state index in [1.54, 1.807) is 0 Å². The predicted molar refractivity (Wildman–Crippen MR) is 43.0 cm³/mol. The van der Waals surface area contributed by atoms with Crippen LogP contribution in [0.25, 0.3) is 0 Å². The molecule has 1 heteroatoms. The van der Waals surface area contributed by atoms with Gasteiger partial charge in [0.25, 0.3) is 0 Å². The monoisotopic (exact) mass is 140 g/mol. The molecule has 10 heavy (non-hydrogen) atoms. The molecule has 1 N–H and O–H groups in total. The largest absolute Gasteiger partial charge is 0.513 e. The van der Waals surface area contributed by atoms with Crippen molar-refractivity contribution in [3.8, 4) is 0 Å². The summed E-state index contributed by atoms with van der Waals surface area (Å²) in [7, 11) is 0. The molecule has 1 rings (SSSR count). The summed E-state index contributed by atoms with van der Waals surface area (Å²) in [5, 5.41) is 9.25. The fraction of sp³-hybridized carbons (Fsp3) is 0.778. The molecule has 0 aromatic heterocycles. The van der Waals surface area contributed by atoms with Crippen LogP contribution in [0.2, 0.25) is 0 Å². The zero-order valence-electron chi connectivity index (χ0n) is 6.64. The van der Waals surface area contributed by atoms with Gasteiger partial charge in [-0.25, -0.2) is 0 Å². The maximum Gasteiger partial charge on any atom is 0.0885 e. The van der Waals surface area contributed by atoms with Crippen molar-refractivity contribution in [2.45, 2.75) is 39.0 Å². The maximum atomic E-state index is 9.25. The molecule has 0 spiro atoms. The normalized spacial score (nSPS) is 33.7. The molecule has 0 bridgehead atoms. The van der Waals surface area contributed by atoms with Crippen molar-refractivity contribution in [1.82, 2.24) is 0 Å². The van der Waals surface area contributed by atoms with Gasteiger partial charge in [-0.15, -0.1) is 0 Å². The molecule has 0 unspecified atom stereocenters. The van der Waals surface area contributed by atoms with Crippen molar-refractivity contribution in [1.29, 1.82) is 0 Å². The Kier molecular flexibility index (Phi) is 2.79. The van der Waals surface area contributed by atoms with Crippen LogP contribution in [-0.2, 0) is 0 Å². The van der Waals surface area contributed by atoms with Crippen molar-refractivity contribution in [3.05, 3.63) is 11.8 Å². The molecular weight excluding hydrogens is 124 g/mol. The molecule has 0 aromatic carbocycles. The van der Waals surface area contributed by atoms with Crippen molar-refractivity contribution < 1.29 is 5.11 Å². The first-order chi connectivity index (χ1) is 4.79. The van der Waals surface area contributed by atoms with Crippen molar-refractivity contribution >= 4 is 0 Å². The number of hydrogen-bond acceptors (Lipinski definition) is 1. The SMILES string of the molecule is C[C@@H]1CCCC/C=C(/O)C1. The fourth-order valence-electron chi connectivity index (χ4n) is 1.45. The van der Waals surface area contributed by atoms with Crippen molar-refractivity contribution in [2.75, 3.05) is 0 Å². The Bertz CT molecular complexity index is 127. The van der Waals surface area contributed by atoms with Gasteiger partial charge in [0.2, 0.25) is 0 Å². The molecule has 0 aliphatic heterocycles. The van der Waals surface area contributed by atoms with Crippen LogP contribution in [-0.4, -0.2) is 5.11 Å². The van der Waals surface area contributed by atoms with Crippen molar-refractivity contribution in [2.24, 2.45) is 5.92 Å². The van der Waals surface area contributed by atoms with Gasteiger partial charge in [-0.1, -0.05) is 19.8 Å². The third-order valence-electron chi connectivity index (χ3n) is 2.09. The standard InChI is InChI=1S/C9H16O/c1-8-5-3-2-4-6-9(10)7-8/h6,8,10H,2-5,7H2,1H3/b9-6+/t8-/m1/s1. The van der Waals surface area contributed by atoms with Crippen LogP contribution in [0.15, 0.2) is 11.8 Å². The average molecular weight is 140 g/mol. The maximum absolute atomic E-state index is 9.25. The van der Waals surface area contributed by atoms with Gasteiger partial charge in [-0.2, -0.15) is 0 Å². The highest BCUT2D eigenvalue weighted by atomic mass is 16.3. The fourth-order valence-corrected chi connectivity index (χ4v) is 1.45. The number of hydrogen-bond donors (Lipinski definition) is 1. The van der Waals surface area contributed by atoms with Gasteiger partial charge in [-0.3, -0.25) is 0 Å². The Balaban J connectivity index is 2.43. The van der Waals surface area contributed by atoms with Crippen LogP contribution >= 0.6 is 0 Å². The van der Waals surface area contributed by atoms with Gasteiger partial charge >= 0.3 is 0 Å². The van der Waals surface area contributed by atoms with Crippen LogP contribution < -0.4 is 0 Å². The minimum Gasteiger partial charge on any atom is -0.513 e. The molecule has 0 radical (unpaired) electrons. The van der Waals surface area contributed by atoms with E-state index >= 15 is 0 Å². The summed E-state index contributed by atoms with van der Waals surface area (Å²) < 4.78 is 0. The van der Waals surface area contributed by atoms with Crippen LogP contribution in [0, 0.1) is 5.92 Å². The van der Waals surface area contributed by atoms with Crippen LogP contribution in [0.3, 0.4) is 0 Å². The van der Waals surface area contributed by atoms with Crippen LogP contribution in [0.4, 0.5) is 0 Å². The highest BCUT2D eigenvalue weighted by molar-refractivity contribution is 4.93. The second-order valence-electron chi connectivity index (χ2n) is 3.29. The minimum absolute atomic E-state index is 0.604. The average Bonchev–Trinajstić information content (AvgIpc) is 1.83. The first kappa shape index (κ1) is 7.64. The lowest BCUT2D eigenvalue weighted by Gasteiger charge is -2.12. The molecule has 0 saturated carbocycles. The molecule has 1 atom stereocenters. The summed E-state index contributed by atoms with van der Waals surface area (Å²) in [6.45, 7) is 2.20. The molecule has 58 valence electrons. The summed E-state index contributed by atoms with van der Waals surface area (Å²) >= 11 is 0. The zero-order valence-corrected chi connectivity index (χ0v) is 6.64. The molecule has 0 heterocycles. The predicted octanol–water partition coefficient (Wildman–Crippen LogP) is 3.03. The van der Waals surface area contributed by atoms with Gasteiger partial charge in [0, 0.05) is 6.42 Å². The lowest BCUT2D eigenvalue weighted by atomic mass is 9.96. The molecule has 0 aromatic rings. The zero-order chi connectivity index (χ0) is 7.40. The van der Waals surface area contributed by atoms with E-state index in [-0.39, 0.29) is 0 Å². The summed E-state index contributed by atoms with van der Waals surface area (Å²) in [5.41, 5.74) is 0. The summed E-state index contributed by atoms with van der Waals surface area (Å²) in [5.74, 6) is 1.28. The summed E-state index contributed by atoms with van der Waals surface area (Å²) in [6, 6.07) is 0. The third-order valence-corrected chi connectivity index (χ3v) is 2.09. The first-order valence-electron chi connectivity index (χ1n) is 4.17. The second kappa shape index (κ2) is 3.65. The molecular formula is C9H16O. The van der Waals surface area contributed by atoms with E-state index in [1.165, 1.54) is 19.3 Å². The van der Waals surface area contributed by atoms with Gasteiger partial charge in [0.15, 0.2) is 0 Å². The molecule has 1 aliphatic rings. The van der Waals surface area contributed by atoms with E-state index in [1.807, 2.05) is 6.08 Å². The van der Waals surface area contributed by atoms with Gasteiger partial charge in [0.1, 0.15) is 0 Å². The Morgan fingerprint density at radius 3 is 3.10 bits per heavy atom. The Morgan fingerprint density at radius 1 is 1.50 bits per heavy atom. The van der Waals surface area contributed by atoms with Crippen LogP contribution in [0.1, 0.15) is 39.0 Å². The smallest absolute Gasteiger partial charge is 0.0885 e. The molecule has 0 saturated heterocycles. The third kappa shape index (κ3) is 2.42. The first-order valence-corrected chi connectivity index (χ1v) is 4.17. The number of aliphatic hydroxyl groups is 1. The molecule has 0 fully saturated rings. The topological polar surface area (TPSA) is 20.2 Å². The lowest BCUT2D eigenvalue weighted by molar-refractivity contribution is 0.337. The van der Waals surface area contributed by atoms with Gasteiger partial charge < -0.3 is 5.11 Å². The van der Waals surface area contributed by atoms with Crippen molar-refractivity contribution in [3.63, 3.8) is 0 Å². The Hall–Kier alpha value is -0.460. The number of allylic oxidation sites excluding steroid dienone is 2. The van der Waals surface area contributed by atoms with E-state index in [2.05, 4.69) is 6.92 Å². The summed E-state index contributed by atoms with van der Waals surface area (Å²) in [4.78, 5) is 0. The van der Waals surface area contributed by atoms with Crippen LogP contribution in [0.5, 0.6) is 0 Å². The number of rotatable bonds is 0. The second-order valence-corrected chi connectivity index (χ2v) is 3.29. The Labute approximate surface area is 62.8 Å². The molecule has 1 aliphatic carbocycles. The quantitative estimate of drug-likeness (QED) is 0.548. The molecule has 1 nitrogen and oxygen atoms in total. The summed E-state index contributed by atoms with van der Waals surface area (Å²) in [6.07, 6.45) is 7.77. The molecule has 0 amide bonds. The van der Waals surface area contributed by atoms with Gasteiger partial charge in [-0.05, 0) is 24.8 Å². The minimum atomic E-state index is 0.604. The van der Waals surface area contributed by atoms with Gasteiger partial charge in [0.05, 0.1) is 5.76 Å². The van der Waals surface area contributed by atoms with E-state index in [0.29, 0.717) is 11.7 Å². The highest BCUT2D eigenvalue weighted by Crippen LogP contribution is 2.20. The van der Waals surface area contributed by atoms with E-state index in [0.717, 1.165) is 12.8 Å².